The predicted molar refractivity (Wildman–Crippen MR) is 94.9 cm³/mol. The molecule has 2 rings (SSSR count). The molecule has 0 heterocycles. The topological polar surface area (TPSA) is 38.3 Å². The van der Waals surface area contributed by atoms with E-state index in [2.05, 4.69) is 12.2 Å². The monoisotopic (exact) mass is 311 g/mol. The second kappa shape index (κ2) is 9.67. The summed E-state index contributed by atoms with van der Waals surface area (Å²) in [7, 11) is 0. The van der Waals surface area contributed by atoms with Crippen molar-refractivity contribution in [2.75, 3.05) is 11.9 Å². The molecule has 0 aromatic heterocycles. The number of nitrogens with one attached hydrogen (secondary N) is 1. The molecule has 122 valence electrons. The van der Waals surface area contributed by atoms with Gasteiger partial charge in [0.2, 0.25) is 5.91 Å². The van der Waals surface area contributed by atoms with Crippen molar-refractivity contribution in [1.82, 2.24) is 0 Å². The van der Waals surface area contributed by atoms with E-state index >= 15 is 0 Å². The van der Waals surface area contributed by atoms with Gasteiger partial charge in [0.1, 0.15) is 5.75 Å². The highest BCUT2D eigenvalue weighted by Gasteiger charge is 2.04. The van der Waals surface area contributed by atoms with Crippen LogP contribution in [0.4, 0.5) is 5.69 Å². The Kier molecular flexibility index (Phi) is 7.18. The maximum atomic E-state index is 12.1. The Morgan fingerprint density at radius 1 is 1.00 bits per heavy atom. The third kappa shape index (κ3) is 6.55. The van der Waals surface area contributed by atoms with Crippen LogP contribution in [0.5, 0.6) is 5.75 Å². The number of rotatable bonds is 9. The number of amides is 1. The second-order valence-electron chi connectivity index (χ2n) is 5.65. The van der Waals surface area contributed by atoms with Crippen LogP contribution < -0.4 is 10.1 Å². The molecule has 2 aromatic rings. The van der Waals surface area contributed by atoms with Crippen LogP contribution >= 0.6 is 0 Å². The molecular formula is C20H25NO2. The molecule has 3 nitrogen and oxygen atoms in total. The molecule has 0 fully saturated rings. The van der Waals surface area contributed by atoms with E-state index in [1.54, 1.807) is 0 Å². The van der Waals surface area contributed by atoms with Gasteiger partial charge in [-0.1, -0.05) is 62.6 Å². The quantitative estimate of drug-likeness (QED) is 0.674. The molecule has 0 atom stereocenters. The lowest BCUT2D eigenvalue weighted by molar-refractivity contribution is -0.115. The van der Waals surface area contributed by atoms with Crippen molar-refractivity contribution in [2.24, 2.45) is 0 Å². The summed E-state index contributed by atoms with van der Waals surface area (Å²) in [5.41, 5.74) is 1.78. The van der Waals surface area contributed by atoms with Crippen LogP contribution in [0.2, 0.25) is 0 Å². The minimum atomic E-state index is -0.0173. The van der Waals surface area contributed by atoms with Gasteiger partial charge in [-0.2, -0.15) is 0 Å². The summed E-state index contributed by atoms with van der Waals surface area (Å²) in [6.07, 6.45) is 5.12. The molecule has 0 saturated heterocycles. The normalized spacial score (nSPS) is 10.3. The molecule has 2 aromatic carbocycles. The Hall–Kier alpha value is -2.29. The fraction of sp³-hybridized carbons (Fsp3) is 0.350. The Balaban J connectivity index is 1.81. The molecule has 0 spiro atoms. The number of carbonyl (C=O) groups excluding carboxylic acids is 1. The zero-order valence-electron chi connectivity index (χ0n) is 13.8. The van der Waals surface area contributed by atoms with Gasteiger partial charge < -0.3 is 10.1 Å². The average molecular weight is 311 g/mol. The summed E-state index contributed by atoms with van der Waals surface area (Å²) >= 11 is 0. The summed E-state index contributed by atoms with van der Waals surface area (Å²) < 4.78 is 5.74. The molecule has 0 unspecified atom stereocenters. The third-order valence-electron chi connectivity index (χ3n) is 3.59. The van der Waals surface area contributed by atoms with Crippen LogP contribution in [0.15, 0.2) is 54.6 Å². The molecule has 23 heavy (non-hydrogen) atoms. The number of unbranched alkanes of at least 4 members (excludes halogenated alkanes) is 3. The molecule has 0 saturated carbocycles. The van der Waals surface area contributed by atoms with Gasteiger partial charge in [0.05, 0.1) is 13.0 Å². The van der Waals surface area contributed by atoms with E-state index < -0.39 is 0 Å². The highest BCUT2D eigenvalue weighted by molar-refractivity contribution is 5.92. The predicted octanol–water partition coefficient (Wildman–Crippen LogP) is 4.83. The van der Waals surface area contributed by atoms with Crippen molar-refractivity contribution in [3.8, 4) is 5.75 Å². The van der Waals surface area contributed by atoms with E-state index in [-0.39, 0.29) is 5.91 Å². The van der Waals surface area contributed by atoms with Gasteiger partial charge in [0.25, 0.3) is 0 Å². The zero-order valence-corrected chi connectivity index (χ0v) is 13.8. The first-order chi connectivity index (χ1) is 11.3. The molecular weight excluding hydrogens is 286 g/mol. The molecule has 1 amide bonds. The largest absolute Gasteiger partial charge is 0.494 e. The van der Waals surface area contributed by atoms with E-state index in [0.29, 0.717) is 6.42 Å². The van der Waals surface area contributed by atoms with Gasteiger partial charge >= 0.3 is 0 Å². The van der Waals surface area contributed by atoms with Crippen molar-refractivity contribution >= 4 is 11.6 Å². The molecule has 0 aliphatic rings. The summed E-state index contributed by atoms with van der Waals surface area (Å²) in [4.78, 5) is 12.1. The number of hydrogen-bond donors (Lipinski definition) is 1. The number of carbonyl (C=O) groups is 1. The van der Waals surface area contributed by atoms with Crippen molar-refractivity contribution in [3.05, 3.63) is 60.2 Å². The minimum absolute atomic E-state index is 0.0173. The van der Waals surface area contributed by atoms with Gasteiger partial charge in [-0.3, -0.25) is 4.79 Å². The number of hydrogen-bond acceptors (Lipinski definition) is 2. The maximum Gasteiger partial charge on any atom is 0.228 e. The lowest BCUT2D eigenvalue weighted by Gasteiger charge is -2.09. The van der Waals surface area contributed by atoms with Crippen molar-refractivity contribution < 1.29 is 9.53 Å². The van der Waals surface area contributed by atoms with Gasteiger partial charge in [0, 0.05) is 11.8 Å². The van der Waals surface area contributed by atoms with Gasteiger partial charge in [-0.05, 0) is 24.1 Å². The zero-order chi connectivity index (χ0) is 16.3. The molecule has 1 N–H and O–H groups in total. The Morgan fingerprint density at radius 3 is 2.61 bits per heavy atom. The van der Waals surface area contributed by atoms with E-state index in [1.165, 1.54) is 19.3 Å². The van der Waals surface area contributed by atoms with Gasteiger partial charge in [0.15, 0.2) is 0 Å². The van der Waals surface area contributed by atoms with Crippen LogP contribution in [0.25, 0.3) is 0 Å². The first-order valence-corrected chi connectivity index (χ1v) is 8.34. The Bertz CT molecular complexity index is 596. The third-order valence-corrected chi connectivity index (χ3v) is 3.59. The van der Waals surface area contributed by atoms with Crippen LogP contribution in [0.1, 0.15) is 38.2 Å². The standard InChI is InChI=1S/C20H25NO2/c1-2-3-4-8-14-23-19-13-9-12-18(16-19)21-20(22)15-17-10-6-5-7-11-17/h5-7,9-13,16H,2-4,8,14-15H2,1H3,(H,21,22). The lowest BCUT2D eigenvalue weighted by atomic mass is 10.1. The second-order valence-corrected chi connectivity index (χ2v) is 5.65. The SMILES string of the molecule is CCCCCCOc1cccc(NC(=O)Cc2ccccc2)c1. The minimum Gasteiger partial charge on any atom is -0.494 e. The highest BCUT2D eigenvalue weighted by Crippen LogP contribution is 2.18. The number of anilines is 1. The van der Waals surface area contributed by atoms with E-state index in [4.69, 9.17) is 4.74 Å². The first kappa shape index (κ1) is 17.1. The van der Waals surface area contributed by atoms with Crippen molar-refractivity contribution in [2.45, 2.75) is 39.0 Å². The summed E-state index contributed by atoms with van der Waals surface area (Å²) in [6, 6.07) is 17.3. The van der Waals surface area contributed by atoms with Gasteiger partial charge in [-0.15, -0.1) is 0 Å². The molecule has 0 bridgehead atoms. The lowest BCUT2D eigenvalue weighted by Crippen LogP contribution is -2.14. The first-order valence-electron chi connectivity index (χ1n) is 8.34. The summed E-state index contributed by atoms with van der Waals surface area (Å²) in [5.74, 6) is 0.787. The number of ether oxygens (including phenoxy) is 1. The summed E-state index contributed by atoms with van der Waals surface area (Å²) in [5, 5.41) is 2.92. The van der Waals surface area contributed by atoms with E-state index in [1.807, 2.05) is 54.6 Å². The van der Waals surface area contributed by atoms with Crippen LogP contribution in [0.3, 0.4) is 0 Å². The van der Waals surface area contributed by atoms with E-state index in [0.717, 1.165) is 30.0 Å². The van der Waals surface area contributed by atoms with E-state index in [9.17, 15) is 4.79 Å². The molecule has 0 radical (unpaired) electrons. The maximum absolute atomic E-state index is 12.1. The molecule has 0 aliphatic carbocycles. The van der Waals surface area contributed by atoms with Crippen LogP contribution in [0, 0.1) is 0 Å². The fourth-order valence-electron chi connectivity index (χ4n) is 2.37. The van der Waals surface area contributed by atoms with Gasteiger partial charge in [-0.25, -0.2) is 0 Å². The van der Waals surface area contributed by atoms with Crippen LogP contribution in [-0.4, -0.2) is 12.5 Å². The van der Waals surface area contributed by atoms with Crippen LogP contribution in [-0.2, 0) is 11.2 Å². The Labute approximate surface area is 138 Å². The number of benzene rings is 2. The van der Waals surface area contributed by atoms with Crippen molar-refractivity contribution in [1.29, 1.82) is 0 Å². The molecule has 3 heteroatoms. The average Bonchev–Trinajstić information content (AvgIpc) is 2.56. The summed E-state index contributed by atoms with van der Waals surface area (Å²) in [6.45, 7) is 2.92. The van der Waals surface area contributed by atoms with Crippen molar-refractivity contribution in [3.63, 3.8) is 0 Å². The highest BCUT2D eigenvalue weighted by atomic mass is 16.5. The molecule has 0 aliphatic heterocycles. The smallest absolute Gasteiger partial charge is 0.228 e. The Morgan fingerprint density at radius 2 is 1.83 bits per heavy atom. The fourth-order valence-corrected chi connectivity index (χ4v) is 2.37.